The molecule has 5 heteroatoms. The summed E-state index contributed by atoms with van der Waals surface area (Å²) in [5.41, 5.74) is 0.304. The fourth-order valence-electron chi connectivity index (χ4n) is 0.621. The van der Waals surface area contributed by atoms with Crippen LogP contribution in [0.4, 0.5) is 0 Å². The second kappa shape index (κ2) is 6.36. The molecule has 0 spiro atoms. The lowest BCUT2D eigenvalue weighted by Gasteiger charge is -2.05. The highest BCUT2D eigenvalue weighted by Crippen LogP contribution is 1.84. The Bertz CT molecular complexity index is 189. The second-order valence-electron chi connectivity index (χ2n) is 1.98. The number of hydrogen-bond acceptors (Lipinski definition) is 4. The van der Waals surface area contributed by atoms with Crippen LogP contribution in [0.5, 0.6) is 0 Å². The fourth-order valence-corrected chi connectivity index (χ4v) is 0.621. The fraction of sp³-hybridized carbons (Fsp3) is 0.429. The maximum absolute atomic E-state index is 11.1. The predicted molar refractivity (Wildman–Crippen MR) is 46.0 cm³/mol. The minimum absolute atomic E-state index is 0.0900. The number of rotatable bonds is 5. The third-order valence-electron chi connectivity index (χ3n) is 1.16. The summed E-state index contributed by atoms with van der Waals surface area (Å²) >= 11 is 0. The van der Waals surface area contributed by atoms with E-state index in [1.54, 1.807) is 7.05 Å². The van der Waals surface area contributed by atoms with Crippen molar-refractivity contribution < 1.29 is 9.90 Å². The number of amides is 1. The quantitative estimate of drug-likeness (QED) is 0.311. The van der Waals surface area contributed by atoms with Crippen molar-refractivity contribution in [3.05, 3.63) is 11.8 Å². The molecule has 5 nitrogen and oxygen atoms in total. The van der Waals surface area contributed by atoms with Crippen LogP contribution < -0.4 is 10.6 Å². The molecule has 0 bridgehead atoms. The van der Waals surface area contributed by atoms with Crippen LogP contribution in [0.1, 0.15) is 0 Å². The molecule has 0 unspecified atom stereocenters. The summed E-state index contributed by atoms with van der Waals surface area (Å²) in [7, 11) is 1.59. The van der Waals surface area contributed by atoms with E-state index in [9.17, 15) is 4.79 Å². The van der Waals surface area contributed by atoms with E-state index >= 15 is 0 Å². The summed E-state index contributed by atoms with van der Waals surface area (Å²) in [6.07, 6.45) is 2.36. The predicted octanol–water partition coefficient (Wildman–Crippen LogP) is -1.15. The first-order valence-corrected chi connectivity index (χ1v) is 3.53. The number of nitrogens with one attached hydrogen (secondary N) is 3. The Morgan fingerprint density at radius 3 is 2.75 bits per heavy atom. The zero-order valence-electron chi connectivity index (χ0n) is 6.92. The number of hydrogen-bond donors (Lipinski definition) is 4. The van der Waals surface area contributed by atoms with E-state index in [0.717, 1.165) is 6.21 Å². The van der Waals surface area contributed by atoms with Crippen molar-refractivity contribution in [1.82, 2.24) is 10.6 Å². The number of carbonyl (C=O) groups is 1. The molecular formula is C7H13N3O2. The number of allylic oxidation sites excluding steroid dienone is 1. The minimum atomic E-state index is -0.324. The van der Waals surface area contributed by atoms with Crippen molar-refractivity contribution in [3.63, 3.8) is 0 Å². The van der Waals surface area contributed by atoms with E-state index in [1.165, 1.54) is 6.08 Å². The standard InChI is InChI=1S/C7H13N3O2/c1-9-6(2-3-8)7(12)10-4-5-11/h2-3,8-9,11H,4-5H2,1H3,(H,10,12)/b6-2-,8-3?. The average molecular weight is 171 g/mol. The van der Waals surface area contributed by atoms with Gasteiger partial charge in [0.05, 0.1) is 6.61 Å². The van der Waals surface area contributed by atoms with E-state index < -0.39 is 0 Å². The second-order valence-corrected chi connectivity index (χ2v) is 1.98. The van der Waals surface area contributed by atoms with Gasteiger partial charge >= 0.3 is 0 Å². The molecule has 0 aliphatic carbocycles. The van der Waals surface area contributed by atoms with E-state index in [4.69, 9.17) is 10.5 Å². The number of likely N-dealkylation sites (N-methyl/N-ethyl adjacent to an activating group) is 1. The smallest absolute Gasteiger partial charge is 0.267 e. The van der Waals surface area contributed by atoms with Crippen LogP contribution in [-0.4, -0.2) is 37.4 Å². The Balaban J connectivity index is 4.03. The van der Waals surface area contributed by atoms with Gasteiger partial charge in [0.15, 0.2) is 0 Å². The first-order chi connectivity index (χ1) is 5.76. The number of aliphatic hydroxyl groups is 1. The summed E-state index contributed by atoms with van der Waals surface area (Å²) in [6.45, 7) is 0.128. The van der Waals surface area contributed by atoms with Gasteiger partial charge in [-0.3, -0.25) is 4.79 Å². The SMILES string of the molecule is CN/C(=C\C=N)C(=O)NCCO. The topological polar surface area (TPSA) is 85.2 Å². The molecule has 0 aliphatic rings. The lowest BCUT2D eigenvalue weighted by Crippen LogP contribution is -2.32. The van der Waals surface area contributed by atoms with Crippen LogP contribution in [0.3, 0.4) is 0 Å². The zero-order chi connectivity index (χ0) is 9.40. The summed E-state index contributed by atoms with van der Waals surface area (Å²) in [5, 5.41) is 20.2. The highest BCUT2D eigenvalue weighted by atomic mass is 16.3. The molecule has 0 rings (SSSR count). The molecule has 1 amide bonds. The maximum Gasteiger partial charge on any atom is 0.267 e. The van der Waals surface area contributed by atoms with Gasteiger partial charge in [0.1, 0.15) is 5.70 Å². The molecule has 0 heterocycles. The van der Waals surface area contributed by atoms with Gasteiger partial charge in [-0.2, -0.15) is 0 Å². The van der Waals surface area contributed by atoms with Gasteiger partial charge in [0.2, 0.25) is 0 Å². The Morgan fingerprint density at radius 1 is 1.67 bits per heavy atom. The van der Waals surface area contributed by atoms with Gasteiger partial charge in [-0.25, -0.2) is 0 Å². The van der Waals surface area contributed by atoms with Gasteiger partial charge in [-0.1, -0.05) is 0 Å². The molecule has 0 aromatic heterocycles. The maximum atomic E-state index is 11.1. The lowest BCUT2D eigenvalue weighted by atomic mass is 10.4. The molecule has 0 aromatic rings. The third kappa shape index (κ3) is 3.72. The summed E-state index contributed by atoms with van der Waals surface area (Å²) < 4.78 is 0. The normalized spacial score (nSPS) is 10.7. The van der Waals surface area contributed by atoms with E-state index in [1.807, 2.05) is 0 Å². The van der Waals surface area contributed by atoms with Crippen molar-refractivity contribution in [2.45, 2.75) is 0 Å². The molecule has 0 radical (unpaired) electrons. The van der Waals surface area contributed by atoms with Crippen LogP contribution in [0.25, 0.3) is 0 Å². The molecule has 4 N–H and O–H groups in total. The molecule has 0 aromatic carbocycles. The molecule has 12 heavy (non-hydrogen) atoms. The molecule has 0 fully saturated rings. The van der Waals surface area contributed by atoms with Crippen LogP contribution in [0.15, 0.2) is 11.8 Å². The van der Waals surface area contributed by atoms with Crippen molar-refractivity contribution in [3.8, 4) is 0 Å². The van der Waals surface area contributed by atoms with Crippen molar-refractivity contribution >= 4 is 12.1 Å². The van der Waals surface area contributed by atoms with Gasteiger partial charge in [-0.15, -0.1) is 0 Å². The van der Waals surface area contributed by atoms with Crippen molar-refractivity contribution in [1.29, 1.82) is 5.41 Å². The Hall–Kier alpha value is -1.36. The summed E-state index contributed by atoms with van der Waals surface area (Å²) in [5.74, 6) is -0.324. The number of aliphatic hydroxyl groups excluding tert-OH is 1. The third-order valence-corrected chi connectivity index (χ3v) is 1.16. The van der Waals surface area contributed by atoms with Gasteiger partial charge < -0.3 is 21.1 Å². The van der Waals surface area contributed by atoms with Crippen LogP contribution in [0.2, 0.25) is 0 Å². The lowest BCUT2D eigenvalue weighted by molar-refractivity contribution is -0.117. The summed E-state index contributed by atoms with van der Waals surface area (Å²) in [4.78, 5) is 11.1. The Labute approximate surface area is 71.0 Å². The van der Waals surface area contributed by atoms with Crippen LogP contribution >= 0.6 is 0 Å². The first kappa shape index (κ1) is 10.6. The highest BCUT2D eigenvalue weighted by Gasteiger charge is 2.03. The van der Waals surface area contributed by atoms with Crippen molar-refractivity contribution in [2.75, 3.05) is 20.2 Å². The molecular weight excluding hydrogens is 158 g/mol. The van der Waals surface area contributed by atoms with Crippen molar-refractivity contribution in [2.24, 2.45) is 0 Å². The molecule has 0 aliphatic heterocycles. The zero-order valence-corrected chi connectivity index (χ0v) is 6.92. The van der Waals surface area contributed by atoms with Crippen LogP contribution in [-0.2, 0) is 4.79 Å². The minimum Gasteiger partial charge on any atom is -0.395 e. The molecule has 0 atom stereocenters. The summed E-state index contributed by atoms with van der Waals surface area (Å²) in [6, 6.07) is 0. The largest absolute Gasteiger partial charge is 0.395 e. The first-order valence-electron chi connectivity index (χ1n) is 3.53. The highest BCUT2D eigenvalue weighted by molar-refractivity contribution is 5.96. The van der Waals surface area contributed by atoms with Gasteiger partial charge in [0.25, 0.3) is 5.91 Å². The van der Waals surface area contributed by atoms with E-state index in [2.05, 4.69) is 10.6 Å². The molecule has 0 saturated heterocycles. The molecule has 0 saturated carbocycles. The Morgan fingerprint density at radius 2 is 2.33 bits per heavy atom. The van der Waals surface area contributed by atoms with Gasteiger partial charge in [0, 0.05) is 19.8 Å². The Kier molecular flexibility index (Phi) is 5.64. The van der Waals surface area contributed by atoms with E-state index in [-0.39, 0.29) is 19.1 Å². The van der Waals surface area contributed by atoms with E-state index in [0.29, 0.717) is 5.70 Å². The van der Waals surface area contributed by atoms with Crippen LogP contribution in [0, 0.1) is 5.41 Å². The van der Waals surface area contributed by atoms with Gasteiger partial charge in [-0.05, 0) is 6.08 Å². The average Bonchev–Trinajstić information content (AvgIpc) is 2.10. The monoisotopic (exact) mass is 171 g/mol. The number of carbonyl (C=O) groups excluding carboxylic acids is 1. The molecule has 68 valence electrons.